The molecular weight excluding hydrogens is 284 g/mol. The van der Waals surface area contributed by atoms with Crippen LogP contribution in [0.25, 0.3) is 0 Å². The van der Waals surface area contributed by atoms with Gasteiger partial charge in [-0.15, -0.1) is 6.58 Å². The van der Waals surface area contributed by atoms with Gasteiger partial charge in [0.25, 0.3) is 0 Å². The summed E-state index contributed by atoms with van der Waals surface area (Å²) in [6.45, 7) is 5.02. The number of hydrogen-bond acceptors (Lipinski definition) is 3. The van der Waals surface area contributed by atoms with E-state index < -0.39 is 10.0 Å². The Kier molecular flexibility index (Phi) is 4.77. The molecule has 0 saturated carbocycles. The Morgan fingerprint density at radius 1 is 1.10 bits per heavy atom. The fraction of sp³-hybridized carbons (Fsp3) is 0.125. The van der Waals surface area contributed by atoms with E-state index in [-0.39, 0.29) is 4.90 Å². The van der Waals surface area contributed by atoms with Gasteiger partial charge in [-0.2, -0.15) is 0 Å². The third kappa shape index (κ3) is 4.18. The van der Waals surface area contributed by atoms with Crippen LogP contribution in [0.3, 0.4) is 0 Å². The van der Waals surface area contributed by atoms with Crippen LogP contribution >= 0.6 is 0 Å². The van der Waals surface area contributed by atoms with Crippen molar-refractivity contribution in [3.8, 4) is 0 Å². The second kappa shape index (κ2) is 6.56. The number of anilines is 1. The van der Waals surface area contributed by atoms with Gasteiger partial charge in [-0.05, 0) is 29.8 Å². The maximum absolute atomic E-state index is 11.4. The minimum absolute atomic E-state index is 0.131. The lowest BCUT2D eigenvalue weighted by molar-refractivity contribution is 0.597. The normalized spacial score (nSPS) is 11.1. The van der Waals surface area contributed by atoms with Crippen molar-refractivity contribution in [2.24, 2.45) is 5.14 Å². The number of nitrogens with zero attached hydrogens (tertiary/aromatic N) is 1. The van der Waals surface area contributed by atoms with Gasteiger partial charge in [0.05, 0.1) is 4.90 Å². The number of rotatable bonds is 6. The topological polar surface area (TPSA) is 63.4 Å². The van der Waals surface area contributed by atoms with Crippen molar-refractivity contribution in [2.45, 2.75) is 11.4 Å². The first-order valence-corrected chi connectivity index (χ1v) is 8.08. The Bertz CT molecular complexity index is 712. The smallest absolute Gasteiger partial charge is 0.238 e. The number of para-hydroxylation sites is 1. The van der Waals surface area contributed by atoms with Crippen LogP contribution in [0, 0.1) is 0 Å². The minimum Gasteiger partial charge on any atom is -0.363 e. The van der Waals surface area contributed by atoms with E-state index in [1.807, 2.05) is 42.5 Å². The molecule has 0 aromatic heterocycles. The van der Waals surface area contributed by atoms with Crippen molar-refractivity contribution in [1.82, 2.24) is 0 Å². The van der Waals surface area contributed by atoms with Crippen LogP contribution in [0.1, 0.15) is 5.56 Å². The van der Waals surface area contributed by atoms with Crippen LogP contribution in [-0.4, -0.2) is 15.0 Å². The summed E-state index contributed by atoms with van der Waals surface area (Å²) < 4.78 is 22.8. The Hall–Kier alpha value is -2.11. The average Bonchev–Trinajstić information content (AvgIpc) is 2.47. The largest absolute Gasteiger partial charge is 0.363 e. The van der Waals surface area contributed by atoms with Crippen molar-refractivity contribution >= 4 is 15.7 Å². The second-order valence-corrected chi connectivity index (χ2v) is 6.26. The zero-order valence-corrected chi connectivity index (χ0v) is 12.5. The van der Waals surface area contributed by atoms with Crippen LogP contribution < -0.4 is 10.0 Å². The molecule has 4 nitrogen and oxygen atoms in total. The van der Waals surface area contributed by atoms with E-state index in [2.05, 4.69) is 11.5 Å². The molecule has 0 spiro atoms. The molecule has 0 atom stereocenters. The Balaban J connectivity index is 2.28. The van der Waals surface area contributed by atoms with Gasteiger partial charge in [0.15, 0.2) is 0 Å². The molecule has 2 aromatic carbocycles. The third-order valence-electron chi connectivity index (χ3n) is 3.07. The molecule has 0 saturated heterocycles. The Morgan fingerprint density at radius 3 is 2.43 bits per heavy atom. The lowest BCUT2D eigenvalue weighted by Crippen LogP contribution is -2.22. The fourth-order valence-corrected chi connectivity index (χ4v) is 2.68. The lowest BCUT2D eigenvalue weighted by Gasteiger charge is -2.23. The van der Waals surface area contributed by atoms with Crippen molar-refractivity contribution in [3.05, 3.63) is 72.8 Å². The molecule has 0 unspecified atom stereocenters. The standard InChI is InChI=1S/C16H18N2O2S/c1-2-11-18(15-8-4-3-5-9-15)13-14-7-6-10-16(12-14)21(17,19)20/h2-10,12H,1,11,13H2,(H2,17,19,20). The summed E-state index contributed by atoms with van der Waals surface area (Å²) in [7, 11) is -3.68. The number of sulfonamides is 1. The zero-order valence-electron chi connectivity index (χ0n) is 11.6. The van der Waals surface area contributed by atoms with Crippen LogP contribution in [-0.2, 0) is 16.6 Å². The number of primary sulfonamides is 1. The van der Waals surface area contributed by atoms with Gasteiger partial charge in [-0.3, -0.25) is 0 Å². The first-order valence-electron chi connectivity index (χ1n) is 6.53. The molecule has 0 amide bonds. The van der Waals surface area contributed by atoms with Gasteiger partial charge in [-0.1, -0.05) is 36.4 Å². The summed E-state index contributed by atoms with van der Waals surface area (Å²) >= 11 is 0. The third-order valence-corrected chi connectivity index (χ3v) is 3.98. The maximum atomic E-state index is 11.4. The highest BCUT2D eigenvalue weighted by molar-refractivity contribution is 7.89. The summed E-state index contributed by atoms with van der Waals surface area (Å²) in [5.74, 6) is 0. The van der Waals surface area contributed by atoms with Gasteiger partial charge in [0.2, 0.25) is 10.0 Å². The first-order chi connectivity index (χ1) is 10.0. The van der Waals surface area contributed by atoms with E-state index in [0.717, 1.165) is 11.3 Å². The van der Waals surface area contributed by atoms with Gasteiger partial charge in [0, 0.05) is 18.8 Å². The second-order valence-electron chi connectivity index (χ2n) is 4.70. The fourth-order valence-electron chi connectivity index (χ4n) is 2.10. The molecule has 2 N–H and O–H groups in total. The SMILES string of the molecule is C=CCN(Cc1cccc(S(N)(=O)=O)c1)c1ccccc1. The van der Waals surface area contributed by atoms with Gasteiger partial charge in [0.1, 0.15) is 0 Å². The quantitative estimate of drug-likeness (QED) is 0.834. The monoisotopic (exact) mass is 302 g/mol. The van der Waals surface area contributed by atoms with E-state index in [0.29, 0.717) is 13.1 Å². The van der Waals surface area contributed by atoms with Gasteiger partial charge < -0.3 is 4.90 Å². The molecule has 110 valence electrons. The molecule has 0 bridgehead atoms. The molecule has 21 heavy (non-hydrogen) atoms. The summed E-state index contributed by atoms with van der Waals surface area (Å²) in [5.41, 5.74) is 1.94. The molecule has 0 radical (unpaired) electrons. The predicted molar refractivity (Wildman–Crippen MR) is 85.5 cm³/mol. The predicted octanol–water partition coefficient (Wildman–Crippen LogP) is 2.53. The van der Waals surface area contributed by atoms with E-state index >= 15 is 0 Å². The van der Waals surface area contributed by atoms with Crippen LogP contribution in [0.4, 0.5) is 5.69 Å². The Labute approximate surface area is 125 Å². The molecule has 5 heteroatoms. The molecule has 0 aliphatic carbocycles. The summed E-state index contributed by atoms with van der Waals surface area (Å²) in [4.78, 5) is 2.24. The number of hydrogen-bond donors (Lipinski definition) is 1. The molecule has 2 rings (SSSR count). The molecule has 0 heterocycles. The molecule has 0 aliphatic heterocycles. The van der Waals surface area contributed by atoms with E-state index in [1.54, 1.807) is 12.1 Å². The first kappa shape index (κ1) is 15.3. The van der Waals surface area contributed by atoms with Crippen molar-refractivity contribution in [2.75, 3.05) is 11.4 Å². The van der Waals surface area contributed by atoms with Crippen LogP contribution in [0.15, 0.2) is 72.1 Å². The lowest BCUT2D eigenvalue weighted by atomic mass is 10.2. The van der Waals surface area contributed by atoms with Crippen molar-refractivity contribution < 1.29 is 8.42 Å². The average molecular weight is 302 g/mol. The highest BCUT2D eigenvalue weighted by Crippen LogP contribution is 2.18. The summed E-state index contributed by atoms with van der Waals surface area (Å²) in [6, 6.07) is 16.6. The van der Waals surface area contributed by atoms with Gasteiger partial charge >= 0.3 is 0 Å². The minimum atomic E-state index is -3.68. The zero-order chi connectivity index (χ0) is 15.3. The van der Waals surface area contributed by atoms with E-state index in [1.165, 1.54) is 6.07 Å². The highest BCUT2D eigenvalue weighted by atomic mass is 32.2. The molecule has 0 fully saturated rings. The van der Waals surface area contributed by atoms with Gasteiger partial charge in [-0.25, -0.2) is 13.6 Å². The van der Waals surface area contributed by atoms with Crippen molar-refractivity contribution in [3.63, 3.8) is 0 Å². The summed E-state index contributed by atoms with van der Waals surface area (Å²) in [6.07, 6.45) is 1.82. The van der Waals surface area contributed by atoms with E-state index in [4.69, 9.17) is 5.14 Å². The Morgan fingerprint density at radius 2 is 1.81 bits per heavy atom. The number of benzene rings is 2. The number of nitrogens with two attached hydrogens (primary N) is 1. The highest BCUT2D eigenvalue weighted by Gasteiger charge is 2.10. The van der Waals surface area contributed by atoms with Crippen LogP contribution in [0.2, 0.25) is 0 Å². The molecular formula is C16H18N2O2S. The molecule has 2 aromatic rings. The van der Waals surface area contributed by atoms with Crippen LogP contribution in [0.5, 0.6) is 0 Å². The summed E-state index contributed by atoms with van der Waals surface area (Å²) in [5, 5.41) is 5.17. The van der Waals surface area contributed by atoms with Crippen molar-refractivity contribution in [1.29, 1.82) is 0 Å². The van der Waals surface area contributed by atoms with E-state index in [9.17, 15) is 8.42 Å². The maximum Gasteiger partial charge on any atom is 0.238 e. The molecule has 0 aliphatic rings.